The molecule has 2 atom stereocenters. The smallest absolute Gasteiger partial charge is 0.317 e. The van der Waals surface area contributed by atoms with Gasteiger partial charge in [0.05, 0.1) is 10.7 Å². The number of hydrogen-bond donors (Lipinski definition) is 1. The van der Waals surface area contributed by atoms with Crippen LogP contribution < -0.4 is 5.32 Å². The molecular weight excluding hydrogens is 314 g/mol. The standard InChI is InChI=1S/C16H27N3OS2/c1-5-21-14-7-6-13(10-14)19(4)16(20)17-9-8-15-11(2)18-12(3)22-15/h13-14H,5-10H2,1-4H3,(H,17,20)/t13-,14-/m1/s1. The van der Waals surface area contributed by atoms with Crippen LogP contribution in [0.2, 0.25) is 0 Å². The number of rotatable bonds is 6. The van der Waals surface area contributed by atoms with Gasteiger partial charge in [-0.25, -0.2) is 9.78 Å². The molecule has 1 aromatic rings. The van der Waals surface area contributed by atoms with Crippen LogP contribution in [-0.2, 0) is 6.42 Å². The Labute approximate surface area is 142 Å². The first-order chi connectivity index (χ1) is 10.5. The molecule has 1 aliphatic rings. The predicted octanol–water partition coefficient (Wildman–Crippen LogP) is 3.62. The van der Waals surface area contributed by atoms with Crippen molar-refractivity contribution in [2.75, 3.05) is 19.3 Å². The summed E-state index contributed by atoms with van der Waals surface area (Å²) in [4.78, 5) is 19.9. The summed E-state index contributed by atoms with van der Waals surface area (Å²) in [7, 11) is 1.93. The maximum atomic E-state index is 12.3. The first-order valence-corrected chi connectivity index (χ1v) is 9.93. The van der Waals surface area contributed by atoms with Crippen molar-refractivity contribution in [2.45, 2.75) is 57.7 Å². The van der Waals surface area contributed by atoms with Gasteiger partial charge in [-0.1, -0.05) is 6.92 Å². The van der Waals surface area contributed by atoms with E-state index in [0.717, 1.165) is 35.2 Å². The Balaban J connectivity index is 1.74. The lowest BCUT2D eigenvalue weighted by Crippen LogP contribution is -2.43. The Kier molecular flexibility index (Phi) is 6.56. The Hall–Kier alpha value is -0.750. The lowest BCUT2D eigenvalue weighted by atomic mass is 10.2. The van der Waals surface area contributed by atoms with Gasteiger partial charge in [-0.15, -0.1) is 11.3 Å². The van der Waals surface area contributed by atoms with E-state index in [2.05, 4.69) is 17.2 Å². The molecule has 0 spiro atoms. The quantitative estimate of drug-likeness (QED) is 0.859. The molecule has 1 fully saturated rings. The third-order valence-electron chi connectivity index (χ3n) is 4.26. The van der Waals surface area contributed by atoms with E-state index in [-0.39, 0.29) is 6.03 Å². The Morgan fingerprint density at radius 3 is 2.86 bits per heavy atom. The Bertz CT molecular complexity index is 504. The summed E-state index contributed by atoms with van der Waals surface area (Å²) in [5.41, 5.74) is 1.10. The van der Waals surface area contributed by atoms with Crippen LogP contribution in [0, 0.1) is 13.8 Å². The van der Waals surface area contributed by atoms with Crippen molar-refractivity contribution < 1.29 is 4.79 Å². The minimum atomic E-state index is 0.0611. The third kappa shape index (κ3) is 4.62. The second kappa shape index (κ2) is 8.20. The molecule has 22 heavy (non-hydrogen) atoms. The van der Waals surface area contributed by atoms with Crippen LogP contribution in [0.5, 0.6) is 0 Å². The largest absolute Gasteiger partial charge is 0.338 e. The van der Waals surface area contributed by atoms with E-state index in [4.69, 9.17) is 0 Å². The van der Waals surface area contributed by atoms with Crippen molar-refractivity contribution in [1.82, 2.24) is 15.2 Å². The number of amides is 2. The fourth-order valence-corrected chi connectivity index (χ4v) is 5.10. The molecular formula is C16H27N3OS2. The van der Waals surface area contributed by atoms with E-state index in [1.807, 2.05) is 37.6 Å². The van der Waals surface area contributed by atoms with E-state index in [1.165, 1.54) is 17.1 Å². The number of carbonyl (C=O) groups excluding carboxylic acids is 1. The molecule has 1 saturated carbocycles. The molecule has 0 bridgehead atoms. The van der Waals surface area contributed by atoms with Gasteiger partial charge in [0.1, 0.15) is 0 Å². The van der Waals surface area contributed by atoms with Crippen LogP contribution in [0.4, 0.5) is 4.79 Å². The van der Waals surface area contributed by atoms with Gasteiger partial charge in [-0.2, -0.15) is 11.8 Å². The highest BCUT2D eigenvalue weighted by Crippen LogP contribution is 2.32. The van der Waals surface area contributed by atoms with Crippen molar-refractivity contribution in [3.63, 3.8) is 0 Å². The molecule has 0 aromatic carbocycles. The maximum Gasteiger partial charge on any atom is 0.317 e. The average molecular weight is 342 g/mol. The minimum Gasteiger partial charge on any atom is -0.338 e. The number of urea groups is 1. The molecule has 0 aliphatic heterocycles. The van der Waals surface area contributed by atoms with E-state index in [9.17, 15) is 4.79 Å². The summed E-state index contributed by atoms with van der Waals surface area (Å²) < 4.78 is 0. The zero-order chi connectivity index (χ0) is 16.1. The average Bonchev–Trinajstić information content (AvgIpc) is 3.05. The fraction of sp³-hybridized carbons (Fsp3) is 0.750. The van der Waals surface area contributed by atoms with Crippen LogP contribution in [0.15, 0.2) is 0 Å². The third-order valence-corrected chi connectivity index (χ3v) is 6.62. The molecule has 1 aliphatic carbocycles. The zero-order valence-electron chi connectivity index (χ0n) is 14.0. The number of nitrogens with one attached hydrogen (secondary N) is 1. The van der Waals surface area contributed by atoms with Gasteiger partial charge in [0.25, 0.3) is 0 Å². The van der Waals surface area contributed by atoms with Gasteiger partial charge in [-0.05, 0) is 38.9 Å². The van der Waals surface area contributed by atoms with Gasteiger partial charge in [-0.3, -0.25) is 0 Å². The summed E-state index contributed by atoms with van der Waals surface area (Å²) >= 11 is 3.75. The summed E-state index contributed by atoms with van der Waals surface area (Å²) in [5, 5.41) is 4.88. The van der Waals surface area contributed by atoms with E-state index in [1.54, 1.807) is 11.3 Å². The lowest BCUT2D eigenvalue weighted by molar-refractivity contribution is 0.191. The number of aromatic nitrogens is 1. The molecule has 6 heteroatoms. The highest BCUT2D eigenvalue weighted by atomic mass is 32.2. The normalized spacial score (nSPS) is 21.1. The van der Waals surface area contributed by atoms with Crippen molar-refractivity contribution >= 4 is 29.1 Å². The van der Waals surface area contributed by atoms with Crippen LogP contribution in [0.1, 0.15) is 41.8 Å². The highest BCUT2D eigenvalue weighted by molar-refractivity contribution is 7.99. The van der Waals surface area contributed by atoms with Gasteiger partial charge in [0.2, 0.25) is 0 Å². The van der Waals surface area contributed by atoms with Gasteiger partial charge >= 0.3 is 6.03 Å². The molecule has 2 rings (SSSR count). The maximum absolute atomic E-state index is 12.3. The number of thioether (sulfide) groups is 1. The molecule has 0 saturated heterocycles. The Morgan fingerprint density at radius 2 is 2.23 bits per heavy atom. The van der Waals surface area contributed by atoms with Crippen molar-refractivity contribution in [2.24, 2.45) is 0 Å². The van der Waals surface area contributed by atoms with Crippen LogP contribution >= 0.6 is 23.1 Å². The lowest BCUT2D eigenvalue weighted by Gasteiger charge is -2.25. The number of thiazole rings is 1. The molecule has 1 aromatic heterocycles. The fourth-order valence-electron chi connectivity index (χ4n) is 3.04. The first-order valence-electron chi connectivity index (χ1n) is 8.06. The van der Waals surface area contributed by atoms with Gasteiger partial charge in [0, 0.05) is 36.2 Å². The summed E-state index contributed by atoms with van der Waals surface area (Å²) in [5.74, 6) is 1.17. The molecule has 124 valence electrons. The monoisotopic (exact) mass is 341 g/mol. The predicted molar refractivity (Wildman–Crippen MR) is 96.0 cm³/mol. The SMILES string of the molecule is CCS[C@@H]1CC[C@@H](N(C)C(=O)NCCc2sc(C)nc2C)C1. The van der Waals surface area contributed by atoms with Gasteiger partial charge < -0.3 is 10.2 Å². The van der Waals surface area contributed by atoms with Crippen LogP contribution in [0.3, 0.4) is 0 Å². The topological polar surface area (TPSA) is 45.2 Å². The van der Waals surface area contributed by atoms with Crippen molar-refractivity contribution in [3.8, 4) is 0 Å². The number of carbonyl (C=O) groups is 1. The van der Waals surface area contributed by atoms with E-state index >= 15 is 0 Å². The number of nitrogens with zero attached hydrogens (tertiary/aromatic N) is 2. The summed E-state index contributed by atoms with van der Waals surface area (Å²) in [6.45, 7) is 6.96. The first kappa shape index (κ1) is 17.6. The molecule has 1 N–H and O–H groups in total. The summed E-state index contributed by atoms with van der Waals surface area (Å²) in [6.07, 6.45) is 4.38. The molecule has 1 heterocycles. The number of hydrogen-bond acceptors (Lipinski definition) is 4. The van der Waals surface area contributed by atoms with Crippen molar-refractivity contribution in [1.29, 1.82) is 0 Å². The molecule has 0 radical (unpaired) electrons. The van der Waals surface area contributed by atoms with E-state index in [0.29, 0.717) is 12.6 Å². The molecule has 0 unspecified atom stereocenters. The van der Waals surface area contributed by atoms with Gasteiger partial charge in [0.15, 0.2) is 0 Å². The minimum absolute atomic E-state index is 0.0611. The second-order valence-electron chi connectivity index (χ2n) is 5.88. The summed E-state index contributed by atoms with van der Waals surface area (Å²) in [6, 6.07) is 0.461. The highest BCUT2D eigenvalue weighted by Gasteiger charge is 2.29. The Morgan fingerprint density at radius 1 is 1.45 bits per heavy atom. The van der Waals surface area contributed by atoms with Crippen molar-refractivity contribution in [3.05, 3.63) is 15.6 Å². The van der Waals surface area contributed by atoms with Crippen LogP contribution in [0.25, 0.3) is 0 Å². The van der Waals surface area contributed by atoms with E-state index < -0.39 is 0 Å². The molecule has 2 amide bonds. The zero-order valence-corrected chi connectivity index (χ0v) is 15.6. The number of aryl methyl sites for hydroxylation is 2. The second-order valence-corrected chi connectivity index (χ2v) is 8.74. The van der Waals surface area contributed by atoms with Crippen LogP contribution in [-0.4, -0.2) is 46.6 Å². The molecule has 4 nitrogen and oxygen atoms in total.